The van der Waals surface area contributed by atoms with Crippen molar-refractivity contribution in [2.24, 2.45) is 5.73 Å². The third kappa shape index (κ3) is 29.4. The molecule has 0 fully saturated rings. The molecular weight excluding hydrogens is 575 g/mol. The number of carbonyl (C=O) groups excluding carboxylic acids is 1. The number of nitrogens with two attached hydrogens (primary N) is 1. The summed E-state index contributed by atoms with van der Waals surface area (Å²) in [7, 11) is -4.33. The predicted molar refractivity (Wildman–Crippen MR) is 184 cm³/mol. The molecule has 3 atom stereocenters. The molecule has 0 rings (SSSR count). The molecule has 3 unspecified atom stereocenters. The molecule has 0 heterocycles. The van der Waals surface area contributed by atoms with Gasteiger partial charge in [-0.2, -0.15) is 0 Å². The fraction of sp³-hybridized carbons (Fsp3) is 0.800. The van der Waals surface area contributed by atoms with Crippen molar-refractivity contribution in [2.75, 3.05) is 19.8 Å². The molecule has 258 valence electrons. The molecule has 0 bridgehead atoms. The van der Waals surface area contributed by atoms with Crippen LogP contribution in [0.2, 0.25) is 0 Å². The van der Waals surface area contributed by atoms with Crippen LogP contribution in [0.1, 0.15) is 149 Å². The number of unbranched alkanes of at least 4 members (excludes halogenated alkanes) is 16. The fourth-order valence-corrected chi connectivity index (χ4v) is 5.49. The number of aliphatic hydroxyl groups is 1. The maximum atomic E-state index is 12.6. The van der Waals surface area contributed by atoms with E-state index in [-0.39, 0.29) is 25.7 Å². The Bertz CT molecular complexity index is 789. The van der Waals surface area contributed by atoms with Gasteiger partial charge in [0.15, 0.2) is 0 Å². The number of phosphoric ester groups is 1. The highest BCUT2D eigenvalue weighted by atomic mass is 31.2. The number of hydrogen-bond donors (Lipinski definition) is 4. The highest BCUT2D eigenvalue weighted by Crippen LogP contribution is 2.43. The number of amides is 1. The van der Waals surface area contributed by atoms with Gasteiger partial charge in [0, 0.05) is 13.0 Å². The summed E-state index contributed by atoms with van der Waals surface area (Å²) in [4.78, 5) is 22.5. The number of nitrogens with one attached hydrogen (secondary N) is 1. The van der Waals surface area contributed by atoms with Crippen molar-refractivity contribution < 1.29 is 28.4 Å². The molecule has 9 heteroatoms. The van der Waals surface area contributed by atoms with Gasteiger partial charge >= 0.3 is 7.82 Å². The lowest BCUT2D eigenvalue weighted by molar-refractivity contribution is -0.123. The lowest BCUT2D eigenvalue weighted by Gasteiger charge is -2.23. The molecule has 0 aromatic rings. The van der Waals surface area contributed by atoms with Crippen LogP contribution >= 0.6 is 7.82 Å². The second kappa shape index (κ2) is 31.7. The molecule has 0 aliphatic rings. The molecule has 0 aliphatic carbocycles. The van der Waals surface area contributed by atoms with Crippen molar-refractivity contribution in [3.8, 4) is 0 Å². The minimum atomic E-state index is -4.33. The van der Waals surface area contributed by atoms with Gasteiger partial charge in [0.05, 0.1) is 25.4 Å². The maximum absolute atomic E-state index is 12.6. The molecule has 0 saturated carbocycles. The third-order valence-corrected chi connectivity index (χ3v) is 8.42. The van der Waals surface area contributed by atoms with Gasteiger partial charge in [0.25, 0.3) is 0 Å². The van der Waals surface area contributed by atoms with E-state index >= 15 is 0 Å². The van der Waals surface area contributed by atoms with Crippen molar-refractivity contribution >= 4 is 13.7 Å². The SMILES string of the molecule is CCCCC/C=C/CC/C=C/C(O)C(COP(=O)(O)OCCN)NC(=O)CCCCCCC/C=C\CCCCCCCCC. The summed E-state index contributed by atoms with van der Waals surface area (Å²) >= 11 is 0. The quantitative estimate of drug-likeness (QED) is 0.0328. The van der Waals surface area contributed by atoms with Gasteiger partial charge in [0.2, 0.25) is 5.91 Å². The second-order valence-corrected chi connectivity index (χ2v) is 13.2. The predicted octanol–water partition coefficient (Wildman–Crippen LogP) is 8.82. The van der Waals surface area contributed by atoms with Gasteiger partial charge < -0.3 is 21.1 Å². The van der Waals surface area contributed by atoms with Gasteiger partial charge in [0.1, 0.15) is 0 Å². The first kappa shape index (κ1) is 42.7. The third-order valence-electron chi connectivity index (χ3n) is 7.44. The summed E-state index contributed by atoms with van der Waals surface area (Å²) in [6.07, 6.45) is 34.8. The zero-order valence-electron chi connectivity index (χ0n) is 28.1. The Morgan fingerprint density at radius 3 is 1.80 bits per heavy atom. The lowest BCUT2D eigenvalue weighted by Crippen LogP contribution is -2.45. The molecule has 0 radical (unpaired) electrons. The van der Waals surface area contributed by atoms with E-state index in [0.29, 0.717) is 6.42 Å². The number of allylic oxidation sites excluding steroid dienone is 5. The lowest BCUT2D eigenvalue weighted by atomic mass is 10.1. The average Bonchev–Trinajstić information content (AvgIpc) is 3.01. The Labute approximate surface area is 269 Å². The van der Waals surface area contributed by atoms with Gasteiger partial charge in [-0.25, -0.2) is 4.57 Å². The van der Waals surface area contributed by atoms with Crippen LogP contribution in [0.5, 0.6) is 0 Å². The van der Waals surface area contributed by atoms with Crippen molar-refractivity contribution in [1.82, 2.24) is 5.32 Å². The Kier molecular flexibility index (Phi) is 30.8. The van der Waals surface area contributed by atoms with Crippen molar-refractivity contribution in [2.45, 2.75) is 161 Å². The smallest absolute Gasteiger partial charge is 0.387 e. The number of hydrogen-bond acceptors (Lipinski definition) is 6. The number of aliphatic hydroxyl groups excluding tert-OH is 1. The van der Waals surface area contributed by atoms with Gasteiger partial charge in [-0.15, -0.1) is 0 Å². The number of carbonyl (C=O) groups is 1. The molecule has 0 aromatic heterocycles. The minimum absolute atomic E-state index is 0.0719. The summed E-state index contributed by atoms with van der Waals surface area (Å²) in [6, 6.07) is -0.877. The first-order valence-corrected chi connectivity index (χ1v) is 19.1. The molecule has 0 aliphatic heterocycles. The van der Waals surface area contributed by atoms with Crippen LogP contribution in [0.25, 0.3) is 0 Å². The van der Waals surface area contributed by atoms with Gasteiger partial charge in [-0.3, -0.25) is 13.8 Å². The fourth-order valence-electron chi connectivity index (χ4n) is 4.73. The summed E-state index contributed by atoms with van der Waals surface area (Å²) in [6.45, 7) is 4.02. The molecule has 44 heavy (non-hydrogen) atoms. The Hall–Kier alpha value is -1.28. The highest BCUT2D eigenvalue weighted by Gasteiger charge is 2.26. The summed E-state index contributed by atoms with van der Waals surface area (Å²) in [5.74, 6) is -0.218. The van der Waals surface area contributed by atoms with Gasteiger partial charge in [-0.1, -0.05) is 121 Å². The van der Waals surface area contributed by atoms with Crippen molar-refractivity contribution in [1.29, 1.82) is 0 Å². The Morgan fingerprint density at radius 1 is 0.727 bits per heavy atom. The molecule has 0 saturated heterocycles. The zero-order chi connectivity index (χ0) is 32.6. The van der Waals surface area contributed by atoms with Crippen LogP contribution in [0, 0.1) is 0 Å². The highest BCUT2D eigenvalue weighted by molar-refractivity contribution is 7.47. The van der Waals surface area contributed by atoms with E-state index < -0.39 is 20.0 Å². The van der Waals surface area contributed by atoms with E-state index in [1.165, 1.54) is 77.0 Å². The molecule has 1 amide bonds. The monoisotopic (exact) mass is 642 g/mol. The van der Waals surface area contributed by atoms with Crippen molar-refractivity contribution in [3.63, 3.8) is 0 Å². The van der Waals surface area contributed by atoms with E-state index in [4.69, 9.17) is 14.8 Å². The number of phosphoric acid groups is 1. The Morgan fingerprint density at radius 2 is 1.20 bits per heavy atom. The first-order valence-electron chi connectivity index (χ1n) is 17.6. The van der Waals surface area contributed by atoms with Crippen LogP contribution in [0.15, 0.2) is 36.5 Å². The minimum Gasteiger partial charge on any atom is -0.387 e. The van der Waals surface area contributed by atoms with Crippen LogP contribution in [-0.2, 0) is 18.4 Å². The Balaban J connectivity index is 4.34. The van der Waals surface area contributed by atoms with E-state index in [1.54, 1.807) is 6.08 Å². The van der Waals surface area contributed by atoms with E-state index in [9.17, 15) is 19.4 Å². The molecule has 5 N–H and O–H groups in total. The summed E-state index contributed by atoms with van der Waals surface area (Å²) in [5, 5.41) is 13.5. The van der Waals surface area contributed by atoms with E-state index in [0.717, 1.165) is 51.4 Å². The zero-order valence-corrected chi connectivity index (χ0v) is 29.0. The van der Waals surface area contributed by atoms with Gasteiger partial charge in [-0.05, 0) is 57.8 Å². The van der Waals surface area contributed by atoms with Crippen molar-refractivity contribution in [3.05, 3.63) is 36.5 Å². The van der Waals surface area contributed by atoms with E-state index in [1.807, 2.05) is 6.08 Å². The topological polar surface area (TPSA) is 131 Å². The summed E-state index contributed by atoms with van der Waals surface area (Å²) in [5.41, 5.74) is 5.33. The molecule has 0 spiro atoms. The molecule has 8 nitrogen and oxygen atoms in total. The summed E-state index contributed by atoms with van der Waals surface area (Å²) < 4.78 is 21.9. The average molecular weight is 643 g/mol. The van der Waals surface area contributed by atoms with Crippen LogP contribution < -0.4 is 11.1 Å². The van der Waals surface area contributed by atoms with E-state index in [2.05, 4.69) is 43.5 Å². The molecule has 0 aromatic carbocycles. The van der Waals surface area contributed by atoms with Crippen LogP contribution in [0.4, 0.5) is 0 Å². The second-order valence-electron chi connectivity index (χ2n) is 11.7. The van der Waals surface area contributed by atoms with Crippen LogP contribution in [0.3, 0.4) is 0 Å². The van der Waals surface area contributed by atoms with Crippen LogP contribution in [-0.4, -0.2) is 47.8 Å². The largest absolute Gasteiger partial charge is 0.472 e. The number of rotatable bonds is 32. The first-order chi connectivity index (χ1) is 21.4. The normalized spacial score (nSPS) is 14.9. The molecular formula is C35H67N2O6P. The maximum Gasteiger partial charge on any atom is 0.472 e. The standard InChI is InChI=1S/C35H67N2O6P/c1-3-5-7-9-11-13-14-15-16-17-18-19-21-23-25-27-29-35(39)37-33(32-43-44(40,41)42-31-30-36)34(38)28-26-24-22-20-12-10-8-6-4-2/h12,16-17,20,26,28,33-34,38H,3-11,13-15,18-19,21-25,27,29-32,36H2,1-2H3,(H,37,39)(H,40,41)/b17-16-,20-12+,28-26+.